The van der Waals surface area contributed by atoms with Gasteiger partial charge in [-0.3, -0.25) is 9.78 Å². The number of amides is 1. The van der Waals surface area contributed by atoms with Crippen LogP contribution >= 0.6 is 11.6 Å². The molecule has 0 spiro atoms. The van der Waals surface area contributed by atoms with Gasteiger partial charge in [-0.15, -0.1) is 0 Å². The SMILES string of the molecule is O=C(CNc1ccc(Cl)cc1)N1CC[C@@H](Oc2ccc3ccncc3c2)[C@H](O)C1. The third kappa shape index (κ3) is 4.78. The van der Waals surface area contributed by atoms with Crippen LogP contribution in [0.15, 0.2) is 60.9 Å². The topological polar surface area (TPSA) is 74.7 Å². The summed E-state index contributed by atoms with van der Waals surface area (Å²) in [6, 6.07) is 14.9. The van der Waals surface area contributed by atoms with Crippen LogP contribution in [-0.4, -0.2) is 52.7 Å². The van der Waals surface area contributed by atoms with Crippen LogP contribution in [0.2, 0.25) is 5.02 Å². The summed E-state index contributed by atoms with van der Waals surface area (Å²) in [4.78, 5) is 18.3. The number of hydrogen-bond donors (Lipinski definition) is 2. The lowest BCUT2D eigenvalue weighted by molar-refractivity contribution is -0.135. The molecule has 7 heteroatoms. The maximum Gasteiger partial charge on any atom is 0.241 e. The molecular weight excluding hydrogens is 390 g/mol. The molecule has 6 nitrogen and oxygen atoms in total. The third-order valence-electron chi connectivity index (χ3n) is 5.06. The van der Waals surface area contributed by atoms with Crippen molar-refractivity contribution in [3.63, 3.8) is 0 Å². The number of anilines is 1. The van der Waals surface area contributed by atoms with Crippen LogP contribution in [0, 0.1) is 0 Å². The summed E-state index contributed by atoms with van der Waals surface area (Å²) in [6.45, 7) is 0.955. The number of aromatic nitrogens is 1. The van der Waals surface area contributed by atoms with Gasteiger partial charge in [0, 0.05) is 41.5 Å². The molecule has 2 aromatic carbocycles. The standard InChI is InChI=1S/C22H22ClN3O3/c23-17-2-4-18(5-3-17)25-13-22(28)26-10-8-21(20(27)14-26)29-19-6-1-15-7-9-24-12-16(15)11-19/h1-7,9,11-12,20-21,25,27H,8,10,13-14H2/t20-,21-/m1/s1. The predicted molar refractivity (Wildman–Crippen MR) is 113 cm³/mol. The first-order valence-electron chi connectivity index (χ1n) is 9.54. The monoisotopic (exact) mass is 411 g/mol. The number of fused-ring (bicyclic) bond motifs is 1. The van der Waals surface area contributed by atoms with Crippen molar-refractivity contribution in [2.24, 2.45) is 0 Å². The zero-order valence-corrected chi connectivity index (χ0v) is 16.5. The van der Waals surface area contributed by atoms with Crippen molar-refractivity contribution >= 4 is 34.0 Å². The van der Waals surface area contributed by atoms with Crippen LogP contribution in [0.4, 0.5) is 5.69 Å². The zero-order chi connectivity index (χ0) is 20.2. The highest BCUT2D eigenvalue weighted by atomic mass is 35.5. The quantitative estimate of drug-likeness (QED) is 0.673. The number of halogens is 1. The van der Waals surface area contributed by atoms with Gasteiger partial charge >= 0.3 is 0 Å². The van der Waals surface area contributed by atoms with Crippen LogP contribution in [0.3, 0.4) is 0 Å². The summed E-state index contributed by atoms with van der Waals surface area (Å²) in [5, 5.41) is 16.3. The summed E-state index contributed by atoms with van der Waals surface area (Å²) in [5.41, 5.74) is 0.826. The lowest BCUT2D eigenvalue weighted by Gasteiger charge is -2.36. The van der Waals surface area contributed by atoms with Crippen LogP contribution in [0.25, 0.3) is 10.8 Å². The Morgan fingerprint density at radius 1 is 1.21 bits per heavy atom. The highest BCUT2D eigenvalue weighted by molar-refractivity contribution is 6.30. The predicted octanol–water partition coefficient (Wildman–Crippen LogP) is 3.34. The zero-order valence-electron chi connectivity index (χ0n) is 15.8. The smallest absolute Gasteiger partial charge is 0.241 e. The fourth-order valence-electron chi connectivity index (χ4n) is 3.44. The number of rotatable bonds is 5. The number of likely N-dealkylation sites (tertiary alicyclic amines) is 1. The van der Waals surface area contributed by atoms with Gasteiger partial charge in [0.2, 0.25) is 5.91 Å². The molecule has 1 saturated heterocycles. The minimum atomic E-state index is -0.743. The Morgan fingerprint density at radius 2 is 2.03 bits per heavy atom. The maximum absolute atomic E-state index is 12.5. The van der Waals surface area contributed by atoms with Gasteiger partial charge in [-0.1, -0.05) is 17.7 Å². The van der Waals surface area contributed by atoms with Gasteiger partial charge in [-0.25, -0.2) is 0 Å². The molecule has 0 unspecified atom stereocenters. The fourth-order valence-corrected chi connectivity index (χ4v) is 3.57. The Bertz CT molecular complexity index is 996. The van der Waals surface area contributed by atoms with E-state index < -0.39 is 6.10 Å². The van der Waals surface area contributed by atoms with E-state index >= 15 is 0 Å². The molecule has 3 aromatic rings. The summed E-state index contributed by atoms with van der Waals surface area (Å²) < 4.78 is 6.00. The van der Waals surface area contributed by atoms with Crippen molar-refractivity contribution < 1.29 is 14.6 Å². The second kappa shape index (κ2) is 8.68. The van der Waals surface area contributed by atoms with Crippen LogP contribution in [0.5, 0.6) is 5.75 Å². The molecule has 1 fully saturated rings. The highest BCUT2D eigenvalue weighted by Gasteiger charge is 2.31. The average molecular weight is 412 g/mol. The summed E-state index contributed by atoms with van der Waals surface area (Å²) in [5.74, 6) is 0.632. The van der Waals surface area contributed by atoms with E-state index in [0.717, 1.165) is 16.5 Å². The molecule has 0 saturated carbocycles. The number of carbonyl (C=O) groups excluding carboxylic acids is 1. The van der Waals surface area contributed by atoms with Crippen LogP contribution < -0.4 is 10.1 Å². The van der Waals surface area contributed by atoms with E-state index in [0.29, 0.717) is 23.7 Å². The molecule has 0 bridgehead atoms. The minimum absolute atomic E-state index is 0.0609. The number of ether oxygens (including phenoxy) is 1. The number of nitrogens with zero attached hydrogens (tertiary/aromatic N) is 2. The van der Waals surface area contributed by atoms with E-state index in [1.54, 1.807) is 29.4 Å². The summed E-state index contributed by atoms with van der Waals surface area (Å²) in [7, 11) is 0. The molecule has 0 radical (unpaired) electrons. The molecule has 1 aliphatic heterocycles. The van der Waals surface area contributed by atoms with Crippen LogP contribution in [-0.2, 0) is 4.79 Å². The number of piperidine rings is 1. The van der Waals surface area contributed by atoms with E-state index in [9.17, 15) is 9.90 Å². The Labute approximate surface area is 174 Å². The molecule has 2 N–H and O–H groups in total. The normalized spacial score (nSPS) is 19.2. The fraction of sp³-hybridized carbons (Fsp3) is 0.273. The van der Waals surface area contributed by atoms with Crippen LogP contribution in [0.1, 0.15) is 6.42 Å². The first kappa shape index (κ1) is 19.5. The van der Waals surface area contributed by atoms with Crippen molar-refractivity contribution in [1.29, 1.82) is 0 Å². The number of hydrogen-bond acceptors (Lipinski definition) is 5. The number of aliphatic hydroxyl groups excluding tert-OH is 1. The molecule has 1 aliphatic rings. The van der Waals surface area contributed by atoms with Crippen molar-refractivity contribution in [3.8, 4) is 5.75 Å². The Morgan fingerprint density at radius 3 is 2.83 bits per heavy atom. The molecule has 29 heavy (non-hydrogen) atoms. The van der Waals surface area contributed by atoms with Gasteiger partial charge in [0.15, 0.2) is 0 Å². The number of β-amino-alcohol motifs (C(OH)–C–C–N with tert-alkyl or cyclic N) is 1. The first-order chi connectivity index (χ1) is 14.1. The lowest BCUT2D eigenvalue weighted by atomic mass is 10.0. The molecule has 150 valence electrons. The van der Waals surface area contributed by atoms with Gasteiger partial charge in [0.05, 0.1) is 13.1 Å². The second-order valence-corrected chi connectivity index (χ2v) is 7.53. The van der Waals surface area contributed by atoms with Gasteiger partial charge in [0.25, 0.3) is 0 Å². The minimum Gasteiger partial charge on any atom is -0.488 e. The van der Waals surface area contributed by atoms with Crippen molar-refractivity contribution in [3.05, 3.63) is 65.9 Å². The first-order valence-corrected chi connectivity index (χ1v) is 9.92. The number of pyridine rings is 1. The number of benzene rings is 2. The van der Waals surface area contributed by atoms with Gasteiger partial charge < -0.3 is 20.1 Å². The maximum atomic E-state index is 12.5. The number of aliphatic hydroxyl groups is 1. The molecule has 0 aliphatic carbocycles. The van der Waals surface area contributed by atoms with E-state index in [1.807, 2.05) is 36.4 Å². The van der Waals surface area contributed by atoms with E-state index in [1.165, 1.54) is 0 Å². The largest absolute Gasteiger partial charge is 0.488 e. The van der Waals surface area contributed by atoms with Crippen molar-refractivity contribution in [2.45, 2.75) is 18.6 Å². The van der Waals surface area contributed by atoms with E-state index in [-0.39, 0.29) is 25.1 Å². The summed E-state index contributed by atoms with van der Waals surface area (Å²) in [6.07, 6.45) is 3.01. The van der Waals surface area contributed by atoms with Crippen molar-refractivity contribution in [1.82, 2.24) is 9.88 Å². The number of carbonyl (C=O) groups is 1. The second-order valence-electron chi connectivity index (χ2n) is 7.10. The lowest BCUT2D eigenvalue weighted by Crippen LogP contribution is -2.52. The molecule has 1 amide bonds. The molecule has 2 atom stereocenters. The molecule has 1 aromatic heterocycles. The van der Waals surface area contributed by atoms with E-state index in [2.05, 4.69) is 10.3 Å². The van der Waals surface area contributed by atoms with Gasteiger partial charge in [-0.05, 0) is 47.9 Å². The van der Waals surface area contributed by atoms with Gasteiger partial charge in [0.1, 0.15) is 18.0 Å². The average Bonchev–Trinajstić information content (AvgIpc) is 2.74. The summed E-state index contributed by atoms with van der Waals surface area (Å²) >= 11 is 5.87. The Hall–Kier alpha value is -2.83. The van der Waals surface area contributed by atoms with Crippen molar-refractivity contribution in [2.75, 3.05) is 25.0 Å². The Kier molecular flexibility index (Phi) is 5.83. The molecule has 2 heterocycles. The molecule has 4 rings (SSSR count). The highest BCUT2D eigenvalue weighted by Crippen LogP contribution is 2.24. The molecular formula is C22H22ClN3O3. The van der Waals surface area contributed by atoms with E-state index in [4.69, 9.17) is 16.3 Å². The third-order valence-corrected chi connectivity index (χ3v) is 5.31. The van der Waals surface area contributed by atoms with Gasteiger partial charge in [-0.2, -0.15) is 0 Å². The number of nitrogens with one attached hydrogen (secondary N) is 1. The Balaban J connectivity index is 1.31.